The number of nitrogens with two attached hydrogens (primary N) is 1. The lowest BCUT2D eigenvalue weighted by molar-refractivity contribution is 0.0992. The summed E-state index contributed by atoms with van der Waals surface area (Å²) in [6.45, 7) is 4.60. The molecule has 1 amide bonds. The van der Waals surface area contributed by atoms with Crippen molar-refractivity contribution in [1.82, 2.24) is 14.6 Å². The highest BCUT2D eigenvalue weighted by Crippen LogP contribution is 2.39. The van der Waals surface area contributed by atoms with Gasteiger partial charge in [0.25, 0.3) is 5.91 Å². The molecular weight excluding hydrogens is 426 g/mol. The molecule has 3 heterocycles. The van der Waals surface area contributed by atoms with E-state index in [2.05, 4.69) is 22.3 Å². The third kappa shape index (κ3) is 4.32. The molecule has 7 heteroatoms. The number of hydrogen-bond donors (Lipinski definition) is 2. The van der Waals surface area contributed by atoms with Crippen LogP contribution in [0.5, 0.6) is 11.5 Å². The predicted octanol–water partition coefficient (Wildman–Crippen LogP) is 4.16. The van der Waals surface area contributed by atoms with Crippen molar-refractivity contribution in [1.29, 1.82) is 0 Å². The molecule has 3 N–H and O–H groups in total. The molecule has 1 unspecified atom stereocenters. The lowest BCUT2D eigenvalue weighted by atomic mass is 9.81. The summed E-state index contributed by atoms with van der Waals surface area (Å²) >= 11 is 0. The van der Waals surface area contributed by atoms with Crippen molar-refractivity contribution in [3.8, 4) is 34.7 Å². The largest absolute Gasteiger partial charge is 0.457 e. The van der Waals surface area contributed by atoms with Crippen LogP contribution >= 0.6 is 0 Å². The van der Waals surface area contributed by atoms with Crippen LogP contribution in [0.2, 0.25) is 0 Å². The summed E-state index contributed by atoms with van der Waals surface area (Å²) in [6, 6.07) is 20.4. The third-order valence-corrected chi connectivity index (χ3v) is 6.68. The minimum absolute atomic E-state index is 0.283. The minimum atomic E-state index is -0.487. The lowest BCUT2D eigenvalue weighted by Gasteiger charge is -2.36. The summed E-state index contributed by atoms with van der Waals surface area (Å²) in [4.78, 5) is 19.7. The third-order valence-electron chi connectivity index (χ3n) is 6.68. The summed E-state index contributed by atoms with van der Waals surface area (Å²) in [5.41, 5.74) is 11.0. The fourth-order valence-electron chi connectivity index (χ4n) is 5.06. The fourth-order valence-corrected chi connectivity index (χ4v) is 5.06. The number of para-hydroxylation sites is 1. The number of hydrogen-bond acceptors (Lipinski definition) is 5. The van der Waals surface area contributed by atoms with Gasteiger partial charge in [0.2, 0.25) is 0 Å². The molecule has 7 nitrogen and oxygen atoms in total. The molecule has 2 aromatic carbocycles. The Morgan fingerprint density at radius 3 is 2.44 bits per heavy atom. The van der Waals surface area contributed by atoms with E-state index in [0.717, 1.165) is 61.8 Å². The van der Waals surface area contributed by atoms with E-state index in [1.54, 1.807) is 0 Å². The van der Waals surface area contributed by atoms with Crippen LogP contribution in [0, 0.1) is 17.9 Å². The van der Waals surface area contributed by atoms with Crippen molar-refractivity contribution in [2.45, 2.75) is 32.1 Å². The number of carbonyl (C=O) groups is 1. The highest BCUT2D eigenvalue weighted by Gasteiger charge is 2.35. The number of ether oxygens (including phenoxy) is 1. The predicted molar refractivity (Wildman–Crippen MR) is 132 cm³/mol. The van der Waals surface area contributed by atoms with Crippen LogP contribution in [0.15, 0.2) is 54.6 Å². The Balaban J connectivity index is 1.43. The summed E-state index contributed by atoms with van der Waals surface area (Å²) in [6.07, 6.45) is 3.13. The van der Waals surface area contributed by atoms with Gasteiger partial charge in [0, 0.05) is 37.2 Å². The molecule has 0 saturated carbocycles. The number of benzene rings is 2. The van der Waals surface area contributed by atoms with Gasteiger partial charge < -0.3 is 20.8 Å². The molecule has 0 bridgehead atoms. The van der Waals surface area contributed by atoms with Gasteiger partial charge in [-0.05, 0) is 68.5 Å². The van der Waals surface area contributed by atoms with Gasteiger partial charge in [-0.1, -0.05) is 24.1 Å². The number of aromatic nitrogens is 2. The number of piperidine rings is 1. The van der Waals surface area contributed by atoms with Crippen molar-refractivity contribution < 1.29 is 9.53 Å². The first kappa shape index (κ1) is 21.9. The SMILES string of the molecule is CC#CN1CCC(C2CCNn3c2nc(-c2ccc(Oc4ccccc4)cc2)c3C(N)=O)CC1. The summed E-state index contributed by atoms with van der Waals surface area (Å²) in [5.74, 6) is 5.69. The molecule has 0 radical (unpaired) electrons. The van der Waals surface area contributed by atoms with Crippen LogP contribution in [0.1, 0.15) is 48.4 Å². The molecule has 1 aromatic heterocycles. The number of likely N-dealkylation sites (tertiary alicyclic amines) is 1. The first-order chi connectivity index (χ1) is 16.6. The van der Waals surface area contributed by atoms with Gasteiger partial charge in [-0.3, -0.25) is 4.79 Å². The average Bonchev–Trinajstić information content (AvgIpc) is 3.26. The van der Waals surface area contributed by atoms with Crippen molar-refractivity contribution in [2.75, 3.05) is 25.1 Å². The first-order valence-electron chi connectivity index (χ1n) is 11.8. The molecule has 1 fully saturated rings. The van der Waals surface area contributed by atoms with Gasteiger partial charge in [-0.25, -0.2) is 9.66 Å². The van der Waals surface area contributed by atoms with E-state index >= 15 is 0 Å². The van der Waals surface area contributed by atoms with E-state index in [4.69, 9.17) is 15.5 Å². The van der Waals surface area contributed by atoms with Crippen LogP contribution in [-0.2, 0) is 0 Å². The van der Waals surface area contributed by atoms with E-state index in [0.29, 0.717) is 17.3 Å². The zero-order chi connectivity index (χ0) is 23.5. The molecule has 1 saturated heterocycles. The van der Waals surface area contributed by atoms with Crippen LogP contribution in [-0.4, -0.2) is 40.1 Å². The number of fused-ring (bicyclic) bond motifs is 1. The first-order valence-corrected chi connectivity index (χ1v) is 11.8. The molecule has 34 heavy (non-hydrogen) atoms. The van der Waals surface area contributed by atoms with E-state index < -0.39 is 5.91 Å². The molecule has 2 aliphatic rings. The van der Waals surface area contributed by atoms with Crippen LogP contribution in [0.3, 0.4) is 0 Å². The number of rotatable bonds is 5. The van der Waals surface area contributed by atoms with Crippen molar-refractivity contribution in [3.63, 3.8) is 0 Å². The smallest absolute Gasteiger partial charge is 0.269 e. The van der Waals surface area contributed by atoms with E-state index in [1.807, 2.05) is 66.2 Å². The lowest BCUT2D eigenvalue weighted by Crippen LogP contribution is -2.38. The zero-order valence-electron chi connectivity index (χ0n) is 19.3. The van der Waals surface area contributed by atoms with Gasteiger partial charge in [-0.15, -0.1) is 0 Å². The highest BCUT2D eigenvalue weighted by atomic mass is 16.5. The Kier molecular flexibility index (Phi) is 6.13. The normalized spacial score (nSPS) is 17.8. The monoisotopic (exact) mass is 455 g/mol. The Morgan fingerprint density at radius 1 is 1.06 bits per heavy atom. The number of amides is 1. The molecule has 3 aromatic rings. The second kappa shape index (κ2) is 9.52. The second-order valence-electron chi connectivity index (χ2n) is 8.80. The Bertz CT molecular complexity index is 1220. The molecule has 0 aliphatic carbocycles. The molecule has 0 spiro atoms. The Hall–Kier alpha value is -3.92. The summed E-state index contributed by atoms with van der Waals surface area (Å²) in [7, 11) is 0. The Labute approximate surface area is 199 Å². The zero-order valence-corrected chi connectivity index (χ0v) is 19.3. The number of imidazole rings is 1. The average molecular weight is 456 g/mol. The number of nitrogens with zero attached hydrogens (tertiary/aromatic N) is 3. The van der Waals surface area contributed by atoms with Gasteiger partial charge in [0.05, 0.1) is 0 Å². The van der Waals surface area contributed by atoms with Crippen molar-refractivity contribution in [2.24, 2.45) is 11.7 Å². The topological polar surface area (TPSA) is 85.4 Å². The summed E-state index contributed by atoms with van der Waals surface area (Å²) in [5, 5.41) is 0. The van der Waals surface area contributed by atoms with Gasteiger partial charge >= 0.3 is 0 Å². The Morgan fingerprint density at radius 2 is 1.76 bits per heavy atom. The van der Waals surface area contributed by atoms with Crippen molar-refractivity contribution in [3.05, 3.63) is 66.1 Å². The minimum Gasteiger partial charge on any atom is -0.457 e. The number of primary amides is 1. The molecule has 1 atom stereocenters. The van der Waals surface area contributed by atoms with E-state index in [1.165, 1.54) is 0 Å². The standard InChI is InChI=1S/C27H29N5O2/c1-2-16-31-17-13-19(14-18-31)23-12-15-29-32-25(26(28)33)24(30-27(23)32)20-8-10-22(11-9-20)34-21-6-4-3-5-7-21/h3-11,19,23,29H,12-15,17-18H2,1H3,(H2,28,33). The summed E-state index contributed by atoms with van der Waals surface area (Å²) < 4.78 is 7.74. The van der Waals surface area contributed by atoms with Gasteiger partial charge in [0.15, 0.2) is 5.69 Å². The van der Waals surface area contributed by atoms with E-state index in [-0.39, 0.29) is 5.92 Å². The van der Waals surface area contributed by atoms with Crippen LogP contribution < -0.4 is 15.9 Å². The van der Waals surface area contributed by atoms with Crippen molar-refractivity contribution >= 4 is 5.91 Å². The fraction of sp³-hybridized carbons (Fsp3) is 0.333. The molecule has 174 valence electrons. The van der Waals surface area contributed by atoms with Gasteiger partial charge in [-0.2, -0.15) is 0 Å². The molecule has 5 rings (SSSR count). The number of carbonyl (C=O) groups excluding carboxylic acids is 1. The molecule has 2 aliphatic heterocycles. The maximum atomic E-state index is 12.5. The van der Waals surface area contributed by atoms with Crippen LogP contribution in [0.25, 0.3) is 11.3 Å². The quantitative estimate of drug-likeness (QED) is 0.564. The van der Waals surface area contributed by atoms with Gasteiger partial charge in [0.1, 0.15) is 23.0 Å². The van der Waals surface area contributed by atoms with Crippen LogP contribution in [0.4, 0.5) is 0 Å². The number of nitrogens with one attached hydrogen (secondary N) is 1. The van der Waals surface area contributed by atoms with E-state index in [9.17, 15) is 4.79 Å². The highest BCUT2D eigenvalue weighted by molar-refractivity contribution is 5.97. The second-order valence-corrected chi connectivity index (χ2v) is 8.80. The molecular formula is C27H29N5O2. The maximum Gasteiger partial charge on any atom is 0.269 e. The maximum absolute atomic E-state index is 12.5.